The Morgan fingerprint density at radius 1 is 0.947 bits per heavy atom. The highest BCUT2D eigenvalue weighted by molar-refractivity contribution is 5.47. The summed E-state index contributed by atoms with van der Waals surface area (Å²) in [5.41, 5.74) is 1.49. The first kappa shape index (κ1) is 11.8. The Kier molecular flexibility index (Phi) is 2.95. The number of hydrogen-bond donors (Lipinski definition) is 1. The van der Waals surface area contributed by atoms with Crippen LogP contribution in [0.5, 0.6) is 11.5 Å². The molecular weight excluding hydrogens is 252 g/mol. The monoisotopic (exact) mass is 263 g/mol. The molecule has 0 aliphatic carbocycles. The Balaban J connectivity index is 1.70. The molecule has 1 aliphatic heterocycles. The number of fused-ring (bicyclic) bond motifs is 1. The van der Waals surface area contributed by atoms with Gasteiger partial charge in [-0.25, -0.2) is 8.78 Å². The molecule has 3 nitrogen and oxygen atoms in total. The van der Waals surface area contributed by atoms with Gasteiger partial charge in [-0.1, -0.05) is 6.07 Å². The molecular formula is C14H11F2NO2. The van der Waals surface area contributed by atoms with E-state index in [0.717, 1.165) is 23.4 Å². The van der Waals surface area contributed by atoms with Crippen LogP contribution in [0.1, 0.15) is 5.56 Å². The first-order valence-corrected chi connectivity index (χ1v) is 5.80. The molecule has 2 aromatic rings. The van der Waals surface area contributed by atoms with Crippen LogP contribution in [0.3, 0.4) is 0 Å². The van der Waals surface area contributed by atoms with Crippen LogP contribution >= 0.6 is 0 Å². The maximum absolute atomic E-state index is 13.0. The molecule has 1 N–H and O–H groups in total. The van der Waals surface area contributed by atoms with E-state index in [1.807, 2.05) is 18.2 Å². The van der Waals surface area contributed by atoms with Gasteiger partial charge in [0.15, 0.2) is 23.1 Å². The van der Waals surface area contributed by atoms with E-state index >= 15 is 0 Å². The second-order valence-electron chi connectivity index (χ2n) is 4.17. The highest BCUT2D eigenvalue weighted by Crippen LogP contribution is 2.32. The molecule has 0 radical (unpaired) electrons. The van der Waals surface area contributed by atoms with Crippen LogP contribution in [0.2, 0.25) is 0 Å². The minimum Gasteiger partial charge on any atom is -0.454 e. The standard InChI is InChI=1S/C14H11F2NO2/c15-11-3-2-10(6-12(11)16)17-7-9-1-4-13-14(5-9)19-8-18-13/h1-6,17H,7-8H2. The molecule has 1 heterocycles. The first-order valence-electron chi connectivity index (χ1n) is 5.80. The summed E-state index contributed by atoms with van der Waals surface area (Å²) < 4.78 is 36.3. The Labute approximate surface area is 108 Å². The molecule has 19 heavy (non-hydrogen) atoms. The largest absolute Gasteiger partial charge is 0.454 e. The van der Waals surface area contributed by atoms with Crippen molar-refractivity contribution in [3.05, 3.63) is 53.6 Å². The Hall–Kier alpha value is -2.30. The van der Waals surface area contributed by atoms with Crippen molar-refractivity contribution in [2.45, 2.75) is 6.54 Å². The molecule has 0 saturated carbocycles. The van der Waals surface area contributed by atoms with Crippen LogP contribution in [0.4, 0.5) is 14.5 Å². The van der Waals surface area contributed by atoms with Crippen molar-refractivity contribution in [3.63, 3.8) is 0 Å². The average molecular weight is 263 g/mol. The lowest BCUT2D eigenvalue weighted by molar-refractivity contribution is 0.174. The number of hydrogen-bond acceptors (Lipinski definition) is 3. The third-order valence-electron chi connectivity index (χ3n) is 2.85. The van der Waals surface area contributed by atoms with Gasteiger partial charge in [-0.05, 0) is 29.8 Å². The lowest BCUT2D eigenvalue weighted by atomic mass is 10.2. The van der Waals surface area contributed by atoms with Crippen molar-refractivity contribution >= 4 is 5.69 Å². The quantitative estimate of drug-likeness (QED) is 0.921. The molecule has 0 bridgehead atoms. The predicted molar refractivity (Wildman–Crippen MR) is 66.2 cm³/mol. The van der Waals surface area contributed by atoms with Gasteiger partial charge in [-0.2, -0.15) is 0 Å². The summed E-state index contributed by atoms with van der Waals surface area (Å²) in [4.78, 5) is 0. The number of ether oxygens (including phenoxy) is 2. The summed E-state index contributed by atoms with van der Waals surface area (Å²) in [5.74, 6) is -0.300. The Morgan fingerprint density at radius 3 is 2.63 bits per heavy atom. The van der Waals surface area contributed by atoms with E-state index in [1.165, 1.54) is 6.07 Å². The third-order valence-corrected chi connectivity index (χ3v) is 2.85. The predicted octanol–water partition coefficient (Wildman–Crippen LogP) is 3.31. The molecule has 0 amide bonds. The van der Waals surface area contributed by atoms with Crippen molar-refractivity contribution in [2.24, 2.45) is 0 Å². The molecule has 0 unspecified atom stereocenters. The fourth-order valence-electron chi connectivity index (χ4n) is 1.86. The van der Waals surface area contributed by atoms with E-state index in [9.17, 15) is 8.78 Å². The van der Waals surface area contributed by atoms with Gasteiger partial charge in [-0.3, -0.25) is 0 Å². The molecule has 0 aromatic heterocycles. The Bertz CT molecular complexity index is 616. The van der Waals surface area contributed by atoms with Crippen molar-refractivity contribution in [1.29, 1.82) is 0 Å². The van der Waals surface area contributed by atoms with Crippen LogP contribution in [0, 0.1) is 11.6 Å². The minimum absolute atomic E-state index is 0.232. The number of anilines is 1. The van der Waals surface area contributed by atoms with Crippen molar-refractivity contribution < 1.29 is 18.3 Å². The van der Waals surface area contributed by atoms with Gasteiger partial charge in [0, 0.05) is 18.3 Å². The summed E-state index contributed by atoms with van der Waals surface area (Å²) in [7, 11) is 0. The van der Waals surface area contributed by atoms with Gasteiger partial charge < -0.3 is 14.8 Å². The minimum atomic E-state index is -0.865. The smallest absolute Gasteiger partial charge is 0.231 e. The maximum Gasteiger partial charge on any atom is 0.231 e. The van der Waals surface area contributed by atoms with Crippen LogP contribution in [-0.2, 0) is 6.54 Å². The molecule has 0 fully saturated rings. The summed E-state index contributed by atoms with van der Waals surface area (Å²) in [6, 6.07) is 9.28. The SMILES string of the molecule is Fc1ccc(NCc2ccc3c(c2)OCO3)cc1F. The normalized spacial score (nSPS) is 12.5. The zero-order valence-electron chi connectivity index (χ0n) is 9.95. The summed E-state index contributed by atoms with van der Waals surface area (Å²) in [6.45, 7) is 0.719. The molecule has 98 valence electrons. The number of halogens is 2. The number of nitrogens with one attached hydrogen (secondary N) is 1. The maximum atomic E-state index is 13.0. The summed E-state index contributed by atoms with van der Waals surface area (Å²) in [6.07, 6.45) is 0. The first-order chi connectivity index (χ1) is 9.22. The van der Waals surface area contributed by atoms with E-state index in [2.05, 4.69) is 5.32 Å². The molecule has 0 atom stereocenters. The molecule has 5 heteroatoms. The highest BCUT2D eigenvalue weighted by Gasteiger charge is 2.13. The van der Waals surface area contributed by atoms with Gasteiger partial charge in [0.2, 0.25) is 6.79 Å². The van der Waals surface area contributed by atoms with Gasteiger partial charge in [0.1, 0.15) is 0 Å². The average Bonchev–Trinajstić information content (AvgIpc) is 2.87. The van der Waals surface area contributed by atoms with E-state index in [4.69, 9.17) is 9.47 Å². The van der Waals surface area contributed by atoms with Crippen LogP contribution < -0.4 is 14.8 Å². The van der Waals surface area contributed by atoms with Crippen molar-refractivity contribution in [1.82, 2.24) is 0 Å². The van der Waals surface area contributed by atoms with E-state index in [0.29, 0.717) is 18.0 Å². The summed E-state index contributed by atoms with van der Waals surface area (Å²) in [5, 5.41) is 3.02. The fourth-order valence-corrected chi connectivity index (χ4v) is 1.86. The second kappa shape index (κ2) is 4.76. The zero-order chi connectivity index (χ0) is 13.2. The second-order valence-corrected chi connectivity index (χ2v) is 4.17. The molecule has 0 saturated heterocycles. The third kappa shape index (κ3) is 2.45. The van der Waals surface area contributed by atoms with Gasteiger partial charge in [0.05, 0.1) is 0 Å². The number of rotatable bonds is 3. The lowest BCUT2D eigenvalue weighted by Gasteiger charge is -2.07. The fraction of sp³-hybridized carbons (Fsp3) is 0.143. The van der Waals surface area contributed by atoms with Gasteiger partial charge in [0.25, 0.3) is 0 Å². The highest BCUT2D eigenvalue weighted by atomic mass is 19.2. The number of benzene rings is 2. The topological polar surface area (TPSA) is 30.5 Å². The zero-order valence-corrected chi connectivity index (χ0v) is 9.95. The van der Waals surface area contributed by atoms with Crippen LogP contribution in [0.15, 0.2) is 36.4 Å². The van der Waals surface area contributed by atoms with Crippen molar-refractivity contribution in [2.75, 3.05) is 12.1 Å². The van der Waals surface area contributed by atoms with E-state index < -0.39 is 11.6 Å². The van der Waals surface area contributed by atoms with Gasteiger partial charge >= 0.3 is 0 Å². The van der Waals surface area contributed by atoms with E-state index in [-0.39, 0.29) is 6.79 Å². The molecule has 1 aliphatic rings. The van der Waals surface area contributed by atoms with Crippen LogP contribution in [-0.4, -0.2) is 6.79 Å². The molecule has 0 spiro atoms. The van der Waals surface area contributed by atoms with Crippen molar-refractivity contribution in [3.8, 4) is 11.5 Å². The van der Waals surface area contributed by atoms with Crippen LogP contribution in [0.25, 0.3) is 0 Å². The van der Waals surface area contributed by atoms with Gasteiger partial charge in [-0.15, -0.1) is 0 Å². The molecule has 2 aromatic carbocycles. The molecule has 3 rings (SSSR count). The summed E-state index contributed by atoms with van der Waals surface area (Å²) >= 11 is 0. The Morgan fingerprint density at radius 2 is 1.79 bits per heavy atom. The lowest BCUT2D eigenvalue weighted by Crippen LogP contribution is -2.00. The van der Waals surface area contributed by atoms with E-state index in [1.54, 1.807) is 0 Å².